The van der Waals surface area contributed by atoms with Gasteiger partial charge in [0.05, 0.1) is 17.1 Å². The Bertz CT molecular complexity index is 1390. The van der Waals surface area contributed by atoms with Crippen LogP contribution in [-0.2, 0) is 0 Å². The minimum Gasteiger partial charge on any atom is -0.468 e. The Morgan fingerprint density at radius 3 is 2.56 bits per heavy atom. The van der Waals surface area contributed by atoms with Gasteiger partial charge in [0, 0.05) is 29.2 Å². The Morgan fingerprint density at radius 1 is 0.906 bits per heavy atom. The summed E-state index contributed by atoms with van der Waals surface area (Å²) in [7, 11) is 0. The average molecular weight is 441 g/mol. The molecule has 4 aliphatic rings. The summed E-state index contributed by atoms with van der Waals surface area (Å²) in [6.45, 7) is 0. The molecule has 0 saturated heterocycles. The third kappa shape index (κ3) is 3.76. The second kappa shape index (κ2) is 7.24. The first-order valence-corrected chi connectivity index (χ1v) is 11.0. The topological polar surface area (TPSA) is 61.8 Å². The molecule has 32 heavy (non-hydrogen) atoms. The number of benzene rings is 1. The number of hydrogen-bond donors (Lipinski definition) is 2. The van der Waals surface area contributed by atoms with E-state index in [4.69, 9.17) is 26.3 Å². The van der Waals surface area contributed by atoms with Gasteiger partial charge in [0.25, 0.3) is 0 Å². The van der Waals surface area contributed by atoms with Gasteiger partial charge < -0.3 is 15.0 Å². The van der Waals surface area contributed by atoms with Crippen molar-refractivity contribution >= 4 is 35.2 Å². The van der Waals surface area contributed by atoms with Crippen LogP contribution in [0.1, 0.15) is 12.8 Å². The number of aromatic amines is 1. The molecule has 2 unspecified atom stereocenters. The Balaban J connectivity index is 1.45. The van der Waals surface area contributed by atoms with E-state index in [9.17, 15) is 0 Å². The first kappa shape index (κ1) is 19.1. The fraction of sp³-hybridized carbons (Fsp3) is 0.154. The molecule has 0 amide bonds. The normalized spacial score (nSPS) is 27.5. The van der Waals surface area contributed by atoms with E-state index in [1.807, 2.05) is 85.0 Å². The third-order valence-corrected chi connectivity index (χ3v) is 6.11. The SMILES string of the molecule is ClC12C=CC(=N1)C=c1ccc([nH]1)=CC1=NC(=CC3=CCC(Oc4ccccc4)(C2)N3)C=C1. The zero-order valence-corrected chi connectivity index (χ0v) is 18.0. The van der Waals surface area contributed by atoms with Gasteiger partial charge >= 0.3 is 0 Å². The van der Waals surface area contributed by atoms with Crippen molar-refractivity contribution in [3.8, 4) is 5.75 Å². The monoisotopic (exact) mass is 440 g/mol. The van der Waals surface area contributed by atoms with Gasteiger partial charge in [-0.2, -0.15) is 0 Å². The van der Waals surface area contributed by atoms with Gasteiger partial charge in [-0.3, -0.25) is 4.99 Å². The van der Waals surface area contributed by atoms with Crippen molar-refractivity contribution in [1.29, 1.82) is 0 Å². The molecule has 5 nitrogen and oxygen atoms in total. The van der Waals surface area contributed by atoms with Crippen LogP contribution in [0.5, 0.6) is 5.75 Å². The molecule has 2 aromatic rings. The van der Waals surface area contributed by atoms with Gasteiger partial charge in [-0.05, 0) is 66.8 Å². The number of aromatic nitrogens is 1. The summed E-state index contributed by atoms with van der Waals surface area (Å²) in [5.41, 5.74) is 2.84. The summed E-state index contributed by atoms with van der Waals surface area (Å²) < 4.78 is 6.50. The van der Waals surface area contributed by atoms with E-state index in [-0.39, 0.29) is 0 Å². The quantitative estimate of drug-likeness (QED) is 0.555. The minimum absolute atomic E-state index is 0.460. The summed E-state index contributed by atoms with van der Waals surface area (Å²) in [5, 5.41) is 5.52. The lowest BCUT2D eigenvalue weighted by molar-refractivity contribution is 0.0414. The number of rotatable bonds is 2. The first-order valence-electron chi connectivity index (χ1n) is 10.6. The number of ether oxygens (including phenoxy) is 1. The van der Waals surface area contributed by atoms with E-state index in [1.54, 1.807) is 0 Å². The molecule has 1 aromatic heterocycles. The molecule has 1 aromatic carbocycles. The molecule has 6 heteroatoms. The summed E-state index contributed by atoms with van der Waals surface area (Å²) in [6.07, 6.45) is 17.2. The van der Waals surface area contributed by atoms with Crippen LogP contribution < -0.4 is 20.8 Å². The number of nitrogens with one attached hydrogen (secondary N) is 2. The number of hydrogen-bond acceptors (Lipinski definition) is 4. The van der Waals surface area contributed by atoms with E-state index in [0.717, 1.165) is 39.3 Å². The number of alkyl halides is 1. The highest BCUT2D eigenvalue weighted by molar-refractivity contribution is 6.30. The Hall–Kier alpha value is -3.57. The predicted octanol–water partition coefficient (Wildman–Crippen LogP) is 3.47. The average Bonchev–Trinajstić information content (AvgIpc) is 3.54. The Morgan fingerprint density at radius 2 is 1.72 bits per heavy atom. The second-order valence-corrected chi connectivity index (χ2v) is 9.01. The molecule has 0 spiro atoms. The molecular weight excluding hydrogens is 420 g/mol. The molecule has 158 valence electrons. The lowest BCUT2D eigenvalue weighted by atomic mass is 10.0. The van der Waals surface area contributed by atoms with Crippen molar-refractivity contribution in [3.05, 3.63) is 101 Å². The highest BCUT2D eigenvalue weighted by Gasteiger charge is 2.44. The van der Waals surface area contributed by atoms with E-state index in [0.29, 0.717) is 12.8 Å². The van der Waals surface area contributed by atoms with Crippen molar-refractivity contribution in [3.63, 3.8) is 0 Å². The molecule has 0 fully saturated rings. The summed E-state index contributed by atoms with van der Waals surface area (Å²) in [6, 6.07) is 13.9. The number of nitrogens with zero attached hydrogens (tertiary/aromatic N) is 2. The number of aliphatic imine (C=N–C) groups is 2. The van der Waals surface area contributed by atoms with Gasteiger partial charge in [0.2, 0.25) is 0 Å². The van der Waals surface area contributed by atoms with E-state index < -0.39 is 10.7 Å². The maximum absolute atomic E-state index is 7.00. The number of allylic oxidation sites excluding steroid dienone is 4. The maximum Gasteiger partial charge on any atom is 0.188 e. The highest BCUT2D eigenvalue weighted by Crippen LogP contribution is 2.39. The zero-order valence-electron chi connectivity index (χ0n) is 17.3. The number of fused-ring (bicyclic) bond motifs is 6. The van der Waals surface area contributed by atoms with Crippen molar-refractivity contribution < 1.29 is 4.74 Å². The van der Waals surface area contributed by atoms with Crippen LogP contribution in [-0.4, -0.2) is 27.1 Å². The Kier molecular flexibility index (Phi) is 4.33. The Labute approximate surface area is 190 Å². The highest BCUT2D eigenvalue weighted by atomic mass is 35.5. The zero-order chi connectivity index (χ0) is 21.6. The van der Waals surface area contributed by atoms with Crippen LogP contribution in [0.15, 0.2) is 100 Å². The number of H-pyrrole nitrogens is 1. The van der Waals surface area contributed by atoms with Crippen molar-refractivity contribution in [1.82, 2.24) is 10.3 Å². The molecule has 0 saturated carbocycles. The lowest BCUT2D eigenvalue weighted by Crippen LogP contribution is -2.50. The van der Waals surface area contributed by atoms with Crippen molar-refractivity contribution in [2.75, 3.05) is 0 Å². The fourth-order valence-corrected chi connectivity index (χ4v) is 4.76. The molecule has 0 aliphatic carbocycles. The summed E-state index contributed by atoms with van der Waals surface area (Å²) in [4.78, 5) is 12.0. The fourth-order valence-electron chi connectivity index (χ4n) is 4.38. The number of para-hydroxylation sites is 1. The first-order chi connectivity index (χ1) is 15.5. The summed E-state index contributed by atoms with van der Waals surface area (Å²) >= 11 is 7.00. The number of halogens is 1. The predicted molar refractivity (Wildman–Crippen MR) is 129 cm³/mol. The largest absolute Gasteiger partial charge is 0.468 e. The second-order valence-electron chi connectivity index (χ2n) is 8.36. The van der Waals surface area contributed by atoms with E-state index in [2.05, 4.69) is 16.4 Å². The molecule has 2 atom stereocenters. The molecule has 8 bridgehead atoms. The van der Waals surface area contributed by atoms with Crippen LogP contribution in [0.2, 0.25) is 0 Å². The lowest BCUT2D eigenvalue weighted by Gasteiger charge is -2.35. The van der Waals surface area contributed by atoms with Gasteiger partial charge in [-0.25, -0.2) is 4.99 Å². The maximum atomic E-state index is 7.00. The third-order valence-electron chi connectivity index (χ3n) is 5.76. The molecule has 5 heterocycles. The van der Waals surface area contributed by atoms with Crippen LogP contribution in [0.3, 0.4) is 0 Å². The van der Waals surface area contributed by atoms with E-state index in [1.165, 1.54) is 0 Å². The molecule has 4 aliphatic heterocycles. The van der Waals surface area contributed by atoms with Crippen molar-refractivity contribution in [2.24, 2.45) is 9.98 Å². The van der Waals surface area contributed by atoms with Crippen LogP contribution in [0.4, 0.5) is 0 Å². The van der Waals surface area contributed by atoms with Gasteiger partial charge in [0.15, 0.2) is 10.7 Å². The van der Waals surface area contributed by atoms with Crippen LogP contribution in [0.25, 0.3) is 12.2 Å². The molecular formula is C26H21ClN4O. The standard InChI is InChI=1S/C26H21ClN4O/c27-25-12-10-22(30-25)15-20-8-6-18(28-20)14-19-7-9-21(29-19)16-23-11-13-26(17-25,31-23)32-24-4-2-1-3-5-24/h1-12,14-16,28,31H,13,17H2. The smallest absolute Gasteiger partial charge is 0.188 e. The van der Waals surface area contributed by atoms with Gasteiger partial charge in [0.1, 0.15) is 5.75 Å². The molecule has 6 rings (SSSR count). The van der Waals surface area contributed by atoms with Crippen molar-refractivity contribution in [2.45, 2.75) is 23.6 Å². The summed E-state index contributed by atoms with van der Waals surface area (Å²) in [5.74, 6) is 0.782. The van der Waals surface area contributed by atoms with Gasteiger partial charge in [-0.1, -0.05) is 35.9 Å². The minimum atomic E-state index is -0.902. The van der Waals surface area contributed by atoms with E-state index >= 15 is 0 Å². The van der Waals surface area contributed by atoms with Crippen LogP contribution >= 0.6 is 11.6 Å². The molecule has 2 N–H and O–H groups in total. The van der Waals surface area contributed by atoms with Gasteiger partial charge in [-0.15, -0.1) is 0 Å². The van der Waals surface area contributed by atoms with Crippen LogP contribution in [0, 0.1) is 0 Å². The molecule has 0 radical (unpaired) electrons.